The van der Waals surface area contributed by atoms with Gasteiger partial charge in [0.2, 0.25) is 0 Å². The summed E-state index contributed by atoms with van der Waals surface area (Å²) in [6, 6.07) is 0.0780. The molecule has 0 bridgehead atoms. The van der Waals surface area contributed by atoms with Gasteiger partial charge in [-0.1, -0.05) is 0 Å². The number of anilines is 1. The van der Waals surface area contributed by atoms with Crippen LogP contribution in [0.1, 0.15) is 32.7 Å². The standard InChI is InChI=1S/C14H23BrN4O/c1-10(2)19-14(20)13(15)12(9-17-19)18-6-4-11(5-7-18)8-16-3/h9-11,16H,4-8H2,1-3H3. The van der Waals surface area contributed by atoms with E-state index in [1.54, 1.807) is 0 Å². The Balaban J connectivity index is 2.15. The molecule has 1 aliphatic heterocycles. The minimum atomic E-state index is -0.0464. The number of rotatable bonds is 4. The Morgan fingerprint density at radius 3 is 2.65 bits per heavy atom. The number of nitrogens with one attached hydrogen (secondary N) is 1. The van der Waals surface area contributed by atoms with Crippen LogP contribution in [0.5, 0.6) is 0 Å². The predicted octanol–water partition coefficient (Wildman–Crippen LogP) is 2.02. The highest BCUT2D eigenvalue weighted by Crippen LogP contribution is 2.27. The maximum Gasteiger partial charge on any atom is 0.283 e. The first-order valence-corrected chi connectivity index (χ1v) is 8.00. The number of halogens is 1. The van der Waals surface area contributed by atoms with Crippen molar-refractivity contribution in [1.82, 2.24) is 15.1 Å². The van der Waals surface area contributed by atoms with E-state index in [-0.39, 0.29) is 11.6 Å². The van der Waals surface area contributed by atoms with Crippen LogP contribution in [-0.2, 0) is 0 Å². The van der Waals surface area contributed by atoms with Gasteiger partial charge in [0, 0.05) is 13.1 Å². The summed E-state index contributed by atoms with van der Waals surface area (Å²) in [5.74, 6) is 0.735. The molecule has 1 aliphatic rings. The van der Waals surface area contributed by atoms with Crippen molar-refractivity contribution in [3.63, 3.8) is 0 Å². The molecule has 0 aromatic carbocycles. The monoisotopic (exact) mass is 342 g/mol. The van der Waals surface area contributed by atoms with E-state index in [2.05, 4.69) is 31.2 Å². The molecule has 0 aliphatic carbocycles. The summed E-state index contributed by atoms with van der Waals surface area (Å²) in [4.78, 5) is 14.5. The number of hydrogen-bond donors (Lipinski definition) is 1. The zero-order chi connectivity index (χ0) is 14.7. The molecule has 0 amide bonds. The van der Waals surface area contributed by atoms with Gasteiger partial charge in [-0.3, -0.25) is 4.79 Å². The van der Waals surface area contributed by atoms with Crippen molar-refractivity contribution in [1.29, 1.82) is 0 Å². The van der Waals surface area contributed by atoms with Crippen molar-refractivity contribution in [3.8, 4) is 0 Å². The zero-order valence-electron chi connectivity index (χ0n) is 12.4. The molecule has 2 heterocycles. The van der Waals surface area contributed by atoms with Gasteiger partial charge in [-0.05, 0) is 62.1 Å². The van der Waals surface area contributed by atoms with Gasteiger partial charge < -0.3 is 10.2 Å². The van der Waals surface area contributed by atoms with Crippen molar-refractivity contribution in [2.24, 2.45) is 5.92 Å². The van der Waals surface area contributed by atoms with Crippen LogP contribution in [0.2, 0.25) is 0 Å². The van der Waals surface area contributed by atoms with Gasteiger partial charge in [0.25, 0.3) is 5.56 Å². The van der Waals surface area contributed by atoms with Crippen LogP contribution in [0, 0.1) is 5.92 Å². The molecule has 0 unspecified atom stereocenters. The van der Waals surface area contributed by atoms with Gasteiger partial charge >= 0.3 is 0 Å². The number of nitrogens with zero attached hydrogens (tertiary/aromatic N) is 3. The molecule has 0 spiro atoms. The second-order valence-corrected chi connectivity index (χ2v) is 6.47. The van der Waals surface area contributed by atoms with E-state index in [9.17, 15) is 4.79 Å². The lowest BCUT2D eigenvalue weighted by molar-refractivity contribution is 0.392. The largest absolute Gasteiger partial charge is 0.369 e. The van der Waals surface area contributed by atoms with Crippen molar-refractivity contribution in [2.75, 3.05) is 31.6 Å². The highest BCUT2D eigenvalue weighted by molar-refractivity contribution is 9.10. The molecule has 1 N–H and O–H groups in total. The molecule has 1 saturated heterocycles. The SMILES string of the molecule is CNCC1CCN(c2cnn(C(C)C)c(=O)c2Br)CC1. The van der Waals surface area contributed by atoms with Gasteiger partial charge in [0.1, 0.15) is 4.47 Å². The zero-order valence-corrected chi connectivity index (χ0v) is 14.0. The van der Waals surface area contributed by atoms with E-state index in [0.29, 0.717) is 4.47 Å². The smallest absolute Gasteiger partial charge is 0.283 e. The summed E-state index contributed by atoms with van der Waals surface area (Å²) in [7, 11) is 2.00. The highest BCUT2D eigenvalue weighted by Gasteiger charge is 2.22. The second-order valence-electron chi connectivity index (χ2n) is 5.68. The van der Waals surface area contributed by atoms with Crippen molar-refractivity contribution in [2.45, 2.75) is 32.7 Å². The molecule has 20 heavy (non-hydrogen) atoms. The third-order valence-corrected chi connectivity index (χ3v) is 4.61. The Hall–Kier alpha value is -0.880. The Morgan fingerprint density at radius 1 is 1.45 bits per heavy atom. The van der Waals surface area contributed by atoms with Crippen LogP contribution >= 0.6 is 15.9 Å². The van der Waals surface area contributed by atoms with Crippen LogP contribution in [0.25, 0.3) is 0 Å². The molecular weight excluding hydrogens is 320 g/mol. The summed E-state index contributed by atoms with van der Waals surface area (Å²) in [5.41, 5.74) is 0.879. The number of aromatic nitrogens is 2. The summed E-state index contributed by atoms with van der Waals surface area (Å²) in [5, 5.41) is 7.53. The van der Waals surface area contributed by atoms with Crippen molar-refractivity contribution >= 4 is 21.6 Å². The lowest BCUT2D eigenvalue weighted by atomic mass is 9.96. The predicted molar refractivity (Wildman–Crippen MR) is 85.4 cm³/mol. The minimum absolute atomic E-state index is 0.0464. The quantitative estimate of drug-likeness (QED) is 0.909. The molecular formula is C14H23BrN4O. The molecule has 1 aromatic heterocycles. The van der Waals surface area contributed by atoms with Gasteiger partial charge in [-0.2, -0.15) is 5.10 Å². The first-order chi connectivity index (χ1) is 9.54. The topological polar surface area (TPSA) is 50.2 Å². The van der Waals surface area contributed by atoms with Crippen molar-refractivity contribution < 1.29 is 0 Å². The van der Waals surface area contributed by atoms with Crippen LogP contribution in [-0.4, -0.2) is 36.5 Å². The molecule has 1 aromatic rings. The fraction of sp³-hybridized carbons (Fsp3) is 0.714. The molecule has 0 radical (unpaired) electrons. The molecule has 112 valence electrons. The van der Waals surface area contributed by atoms with E-state index in [0.717, 1.165) is 44.1 Å². The second kappa shape index (κ2) is 6.72. The van der Waals surface area contributed by atoms with Crippen molar-refractivity contribution in [3.05, 3.63) is 21.0 Å². The lowest BCUT2D eigenvalue weighted by Crippen LogP contribution is -2.38. The van der Waals surface area contributed by atoms with Gasteiger partial charge in [0.15, 0.2) is 0 Å². The number of hydrogen-bond acceptors (Lipinski definition) is 4. The summed E-state index contributed by atoms with van der Waals surface area (Å²) < 4.78 is 2.15. The van der Waals surface area contributed by atoms with Gasteiger partial charge in [-0.25, -0.2) is 4.68 Å². The third-order valence-electron chi connectivity index (χ3n) is 3.86. The highest BCUT2D eigenvalue weighted by atomic mass is 79.9. The Bertz CT molecular complexity index is 506. The maximum absolute atomic E-state index is 12.3. The lowest BCUT2D eigenvalue weighted by Gasteiger charge is -2.33. The van der Waals surface area contributed by atoms with Crippen LogP contribution < -0.4 is 15.8 Å². The Labute approximate surface area is 128 Å². The summed E-state index contributed by atoms with van der Waals surface area (Å²) in [6.07, 6.45) is 4.12. The minimum Gasteiger partial charge on any atom is -0.369 e. The fourth-order valence-corrected chi connectivity index (χ4v) is 3.23. The van der Waals surface area contributed by atoms with Gasteiger partial charge in [-0.15, -0.1) is 0 Å². The molecule has 0 atom stereocenters. The third kappa shape index (κ3) is 3.23. The first kappa shape index (κ1) is 15.5. The average molecular weight is 343 g/mol. The fourth-order valence-electron chi connectivity index (χ4n) is 2.69. The van der Waals surface area contributed by atoms with Crippen LogP contribution in [0.15, 0.2) is 15.5 Å². The van der Waals surface area contributed by atoms with E-state index < -0.39 is 0 Å². The Kier molecular flexibility index (Phi) is 5.21. The number of piperidine rings is 1. The van der Waals surface area contributed by atoms with E-state index in [4.69, 9.17) is 0 Å². The summed E-state index contributed by atoms with van der Waals surface area (Å²) >= 11 is 3.45. The van der Waals surface area contributed by atoms with E-state index >= 15 is 0 Å². The molecule has 2 rings (SSSR count). The van der Waals surface area contributed by atoms with E-state index in [1.807, 2.05) is 27.1 Å². The summed E-state index contributed by atoms with van der Waals surface area (Å²) in [6.45, 7) is 6.96. The molecule has 5 nitrogen and oxygen atoms in total. The van der Waals surface area contributed by atoms with Crippen LogP contribution in [0.3, 0.4) is 0 Å². The first-order valence-electron chi connectivity index (χ1n) is 7.21. The Morgan fingerprint density at radius 2 is 2.10 bits per heavy atom. The molecule has 0 saturated carbocycles. The molecule has 6 heteroatoms. The van der Waals surface area contributed by atoms with Crippen LogP contribution in [0.4, 0.5) is 5.69 Å². The normalized spacial score (nSPS) is 16.9. The van der Waals surface area contributed by atoms with Gasteiger partial charge in [0.05, 0.1) is 17.9 Å². The molecule has 1 fully saturated rings. The maximum atomic E-state index is 12.3. The van der Waals surface area contributed by atoms with E-state index in [1.165, 1.54) is 4.68 Å². The average Bonchev–Trinajstić information content (AvgIpc) is 2.43.